The van der Waals surface area contributed by atoms with E-state index >= 15 is 0 Å². The molecule has 22 heavy (non-hydrogen) atoms. The Balaban J connectivity index is 1.94. The maximum atomic E-state index is 13.0. The van der Waals surface area contributed by atoms with Crippen molar-refractivity contribution in [1.29, 1.82) is 0 Å². The third-order valence-electron chi connectivity index (χ3n) is 4.47. The van der Waals surface area contributed by atoms with Crippen LogP contribution in [0.4, 0.5) is 0 Å². The monoisotopic (exact) mass is 309 g/mol. The minimum absolute atomic E-state index is 0.0380. The predicted molar refractivity (Wildman–Crippen MR) is 89.8 cm³/mol. The van der Waals surface area contributed by atoms with Gasteiger partial charge in [-0.05, 0) is 61.6 Å². The second-order valence-electron chi connectivity index (χ2n) is 5.80. The van der Waals surface area contributed by atoms with Crippen molar-refractivity contribution in [3.8, 4) is 0 Å². The van der Waals surface area contributed by atoms with E-state index in [0.717, 1.165) is 24.8 Å². The van der Waals surface area contributed by atoms with Crippen LogP contribution in [0, 0.1) is 0 Å². The molecular weight excluding hydrogens is 294 g/mol. The predicted octanol–water partition coefficient (Wildman–Crippen LogP) is 4.86. The third-order valence-corrected chi connectivity index (χ3v) is 4.72. The zero-order valence-electron chi connectivity index (χ0n) is 12.2. The second-order valence-corrected chi connectivity index (χ2v) is 6.23. The number of hydrogen-bond donors (Lipinski definition) is 0. The molecule has 1 heterocycles. The number of aromatic nitrogens is 1. The highest BCUT2D eigenvalue weighted by Crippen LogP contribution is 2.32. The van der Waals surface area contributed by atoms with Crippen LogP contribution in [-0.4, -0.2) is 10.5 Å². The van der Waals surface area contributed by atoms with Gasteiger partial charge in [-0.1, -0.05) is 29.8 Å². The van der Waals surface area contributed by atoms with Gasteiger partial charge in [0.15, 0.2) is 0 Å². The average molecular weight is 310 g/mol. The van der Waals surface area contributed by atoms with E-state index in [1.165, 1.54) is 23.1 Å². The van der Waals surface area contributed by atoms with E-state index in [0.29, 0.717) is 10.6 Å². The standard InChI is InChI=1S/C19H16ClNO/c20-14-11-9-13(10-12-14)19(22)21-17-7-3-1-5-15(17)16-6-2-4-8-18(16)21/h1,3,5,7,9-12H,2,4,6,8H2. The molecule has 0 saturated carbocycles. The highest BCUT2D eigenvalue weighted by molar-refractivity contribution is 6.30. The zero-order valence-corrected chi connectivity index (χ0v) is 12.9. The number of nitrogens with zero attached hydrogens (tertiary/aromatic N) is 1. The number of rotatable bonds is 1. The molecule has 1 aromatic heterocycles. The van der Waals surface area contributed by atoms with Crippen molar-refractivity contribution in [3.63, 3.8) is 0 Å². The van der Waals surface area contributed by atoms with Gasteiger partial charge in [0.2, 0.25) is 0 Å². The van der Waals surface area contributed by atoms with Gasteiger partial charge in [-0.2, -0.15) is 0 Å². The molecule has 0 saturated heterocycles. The van der Waals surface area contributed by atoms with Gasteiger partial charge in [-0.3, -0.25) is 9.36 Å². The minimum Gasteiger partial charge on any atom is -0.280 e. The lowest BCUT2D eigenvalue weighted by molar-refractivity contribution is 0.0961. The summed E-state index contributed by atoms with van der Waals surface area (Å²) in [7, 11) is 0. The van der Waals surface area contributed by atoms with E-state index in [-0.39, 0.29) is 5.91 Å². The van der Waals surface area contributed by atoms with E-state index in [9.17, 15) is 4.79 Å². The molecule has 110 valence electrons. The number of hydrogen-bond acceptors (Lipinski definition) is 1. The molecule has 1 aliphatic rings. The average Bonchev–Trinajstić information content (AvgIpc) is 2.89. The van der Waals surface area contributed by atoms with Crippen molar-refractivity contribution in [1.82, 2.24) is 4.57 Å². The maximum Gasteiger partial charge on any atom is 0.262 e. The molecule has 0 bridgehead atoms. The van der Waals surface area contributed by atoms with Crippen LogP contribution in [0.25, 0.3) is 10.9 Å². The highest BCUT2D eigenvalue weighted by atomic mass is 35.5. The number of carbonyl (C=O) groups excluding carboxylic acids is 1. The summed E-state index contributed by atoms with van der Waals surface area (Å²) in [5.74, 6) is 0.0380. The van der Waals surface area contributed by atoms with Crippen LogP contribution in [0.3, 0.4) is 0 Å². The normalized spacial score (nSPS) is 14.0. The van der Waals surface area contributed by atoms with Crippen molar-refractivity contribution in [2.45, 2.75) is 25.7 Å². The van der Waals surface area contributed by atoms with Gasteiger partial charge in [0.1, 0.15) is 0 Å². The minimum atomic E-state index is 0.0380. The van der Waals surface area contributed by atoms with E-state index in [1.54, 1.807) is 24.3 Å². The molecule has 4 rings (SSSR count). The van der Waals surface area contributed by atoms with Crippen LogP contribution in [0.1, 0.15) is 34.5 Å². The Morgan fingerprint density at radius 2 is 1.68 bits per heavy atom. The van der Waals surface area contributed by atoms with Gasteiger partial charge in [-0.15, -0.1) is 0 Å². The Kier molecular flexibility index (Phi) is 3.27. The van der Waals surface area contributed by atoms with E-state index in [2.05, 4.69) is 6.07 Å². The number of fused-ring (bicyclic) bond motifs is 3. The summed E-state index contributed by atoms with van der Waals surface area (Å²) >= 11 is 5.93. The van der Waals surface area contributed by atoms with Gasteiger partial charge >= 0.3 is 0 Å². The number of carbonyl (C=O) groups is 1. The molecule has 0 fully saturated rings. The summed E-state index contributed by atoms with van der Waals surface area (Å²) < 4.78 is 1.91. The first-order chi connectivity index (χ1) is 10.8. The largest absolute Gasteiger partial charge is 0.280 e. The van der Waals surface area contributed by atoms with Crippen LogP contribution in [0.2, 0.25) is 5.02 Å². The fourth-order valence-electron chi connectivity index (χ4n) is 3.45. The summed E-state index contributed by atoms with van der Waals surface area (Å²) in [5, 5.41) is 1.87. The molecule has 0 amide bonds. The van der Waals surface area contributed by atoms with E-state index in [1.807, 2.05) is 22.8 Å². The van der Waals surface area contributed by atoms with Gasteiger partial charge in [0, 0.05) is 21.7 Å². The Morgan fingerprint density at radius 3 is 2.50 bits per heavy atom. The lowest BCUT2D eigenvalue weighted by Gasteiger charge is -2.15. The molecule has 1 aliphatic carbocycles. The summed E-state index contributed by atoms with van der Waals surface area (Å²) in [4.78, 5) is 13.0. The first kappa shape index (κ1) is 13.6. The van der Waals surface area contributed by atoms with Crippen LogP contribution in [-0.2, 0) is 12.8 Å². The molecule has 0 radical (unpaired) electrons. The third kappa shape index (κ3) is 2.06. The zero-order chi connectivity index (χ0) is 15.1. The smallest absolute Gasteiger partial charge is 0.262 e. The van der Waals surface area contributed by atoms with Crippen molar-refractivity contribution >= 4 is 28.4 Å². The quantitative estimate of drug-likeness (QED) is 0.629. The molecule has 3 heteroatoms. The second kappa shape index (κ2) is 5.29. The molecule has 0 N–H and O–H groups in total. The SMILES string of the molecule is O=C(c1ccc(Cl)cc1)n1c2c(c3ccccc31)CCCC2. The Bertz CT molecular complexity index is 861. The van der Waals surface area contributed by atoms with Crippen LogP contribution in [0.15, 0.2) is 48.5 Å². The van der Waals surface area contributed by atoms with Gasteiger partial charge in [0.05, 0.1) is 5.52 Å². The summed E-state index contributed by atoms with van der Waals surface area (Å²) in [5.41, 5.74) is 4.24. The molecule has 0 atom stereocenters. The molecule has 3 aromatic rings. The summed E-state index contributed by atoms with van der Waals surface area (Å²) in [6.45, 7) is 0. The van der Waals surface area contributed by atoms with Crippen molar-refractivity contribution in [2.75, 3.05) is 0 Å². The molecule has 0 aliphatic heterocycles. The van der Waals surface area contributed by atoms with Crippen LogP contribution < -0.4 is 0 Å². The molecule has 2 aromatic carbocycles. The fraction of sp³-hybridized carbons (Fsp3) is 0.211. The highest BCUT2D eigenvalue weighted by Gasteiger charge is 2.23. The van der Waals surface area contributed by atoms with Gasteiger partial charge in [-0.25, -0.2) is 0 Å². The molecule has 0 unspecified atom stereocenters. The first-order valence-electron chi connectivity index (χ1n) is 7.67. The topological polar surface area (TPSA) is 22.0 Å². The number of para-hydroxylation sites is 1. The van der Waals surface area contributed by atoms with Crippen LogP contribution >= 0.6 is 11.6 Å². The Hall–Kier alpha value is -2.06. The molecule has 2 nitrogen and oxygen atoms in total. The van der Waals surface area contributed by atoms with Crippen LogP contribution in [0.5, 0.6) is 0 Å². The lowest BCUT2D eigenvalue weighted by atomic mass is 9.95. The number of aryl methyl sites for hydroxylation is 1. The number of benzene rings is 2. The van der Waals surface area contributed by atoms with Gasteiger partial charge in [0.25, 0.3) is 5.91 Å². The van der Waals surface area contributed by atoms with E-state index in [4.69, 9.17) is 11.6 Å². The Labute approximate surface area is 134 Å². The number of halogens is 1. The molecule has 0 spiro atoms. The van der Waals surface area contributed by atoms with Gasteiger partial charge < -0.3 is 0 Å². The Morgan fingerprint density at radius 1 is 0.955 bits per heavy atom. The maximum absolute atomic E-state index is 13.0. The van der Waals surface area contributed by atoms with Crippen molar-refractivity contribution in [3.05, 3.63) is 70.4 Å². The first-order valence-corrected chi connectivity index (χ1v) is 8.05. The molecular formula is C19H16ClNO. The fourth-order valence-corrected chi connectivity index (χ4v) is 3.58. The van der Waals surface area contributed by atoms with Crippen molar-refractivity contribution < 1.29 is 4.79 Å². The summed E-state index contributed by atoms with van der Waals surface area (Å²) in [6, 6.07) is 15.4. The van der Waals surface area contributed by atoms with Crippen molar-refractivity contribution in [2.24, 2.45) is 0 Å². The van der Waals surface area contributed by atoms with E-state index < -0.39 is 0 Å². The summed E-state index contributed by atoms with van der Waals surface area (Å²) in [6.07, 6.45) is 4.40. The lowest BCUT2D eigenvalue weighted by Crippen LogP contribution is -2.17.